The topological polar surface area (TPSA) is 67.4 Å². The highest BCUT2D eigenvalue weighted by Gasteiger charge is 2.33. The van der Waals surface area contributed by atoms with Crippen LogP contribution >= 0.6 is 11.6 Å². The summed E-state index contributed by atoms with van der Waals surface area (Å²) in [4.78, 5) is 0.0827. The summed E-state index contributed by atoms with van der Waals surface area (Å²) in [6.07, 6.45) is -3.44. The highest BCUT2D eigenvalue weighted by Crippen LogP contribution is 2.43. The van der Waals surface area contributed by atoms with Crippen molar-refractivity contribution in [2.75, 3.05) is 12.4 Å². The molecular weight excluding hydrogens is 465 g/mol. The summed E-state index contributed by atoms with van der Waals surface area (Å²) in [5.74, 6) is 0.903. The molecule has 0 bridgehead atoms. The fourth-order valence-electron chi connectivity index (χ4n) is 3.38. The monoisotopic (exact) mass is 482 g/mol. The van der Waals surface area contributed by atoms with Gasteiger partial charge in [-0.15, -0.1) is 0 Å². The summed E-state index contributed by atoms with van der Waals surface area (Å²) in [6, 6.07) is 13.8. The van der Waals surface area contributed by atoms with Crippen molar-refractivity contribution in [3.8, 4) is 11.5 Å². The van der Waals surface area contributed by atoms with E-state index < -0.39 is 21.8 Å². The second-order valence-corrected chi connectivity index (χ2v) is 9.53. The molecular formula is C22H18ClF3N2O3S. The number of aryl methyl sites for hydroxylation is 2. The molecule has 0 saturated heterocycles. The van der Waals surface area contributed by atoms with Gasteiger partial charge >= 0.3 is 6.18 Å². The first-order valence-corrected chi connectivity index (χ1v) is 11.4. The molecule has 0 fully saturated rings. The molecule has 3 aromatic carbocycles. The number of hydrogen-bond donors (Lipinski definition) is 2. The van der Waals surface area contributed by atoms with Gasteiger partial charge in [-0.3, -0.25) is 0 Å². The van der Waals surface area contributed by atoms with Gasteiger partial charge in [0.15, 0.2) is 11.5 Å². The molecule has 0 atom stereocenters. The molecule has 0 spiro atoms. The number of sulfonamides is 1. The SMILES string of the molecule is CNS(=O)(=O)c1ccc2c(c1)Oc1cc(CCc3ccc(C(F)(F)F)c(Cl)c3)ccc1N2. The van der Waals surface area contributed by atoms with Crippen LogP contribution in [0.3, 0.4) is 0 Å². The lowest BCUT2D eigenvalue weighted by molar-refractivity contribution is -0.137. The second-order valence-electron chi connectivity index (χ2n) is 7.24. The zero-order valence-corrected chi connectivity index (χ0v) is 18.3. The maximum Gasteiger partial charge on any atom is 0.417 e. The fraction of sp³-hybridized carbons (Fsp3) is 0.182. The third-order valence-corrected chi connectivity index (χ3v) is 6.83. The standard InChI is InChI=1S/C22H18ClF3N2O3S/c1-27-32(29,30)15-6-9-19-21(12-15)31-20-11-14(5-8-18(20)28-19)3-2-13-4-7-16(17(23)10-13)22(24,25)26/h4-12,27-28H,2-3H2,1H3. The van der Waals surface area contributed by atoms with Crippen LogP contribution < -0.4 is 14.8 Å². The molecule has 1 aliphatic heterocycles. The van der Waals surface area contributed by atoms with E-state index in [0.717, 1.165) is 17.3 Å². The number of rotatable bonds is 5. The van der Waals surface area contributed by atoms with Crippen LogP contribution in [-0.4, -0.2) is 15.5 Å². The van der Waals surface area contributed by atoms with Crippen LogP contribution in [0.15, 0.2) is 59.5 Å². The smallest absolute Gasteiger partial charge is 0.417 e. The van der Waals surface area contributed by atoms with Crippen LogP contribution in [0.1, 0.15) is 16.7 Å². The number of fused-ring (bicyclic) bond motifs is 2. The van der Waals surface area contributed by atoms with E-state index in [2.05, 4.69) is 10.0 Å². The third kappa shape index (κ3) is 4.55. The minimum absolute atomic E-state index is 0.0827. The van der Waals surface area contributed by atoms with Crippen molar-refractivity contribution in [3.05, 3.63) is 76.3 Å². The average Bonchev–Trinajstić information content (AvgIpc) is 2.74. The molecule has 5 nitrogen and oxygen atoms in total. The van der Waals surface area contributed by atoms with Gasteiger partial charge in [0.2, 0.25) is 10.0 Å². The fourth-order valence-corrected chi connectivity index (χ4v) is 4.44. The van der Waals surface area contributed by atoms with Crippen molar-refractivity contribution in [1.82, 2.24) is 4.72 Å². The summed E-state index contributed by atoms with van der Waals surface area (Å²) < 4.78 is 70.9. The van der Waals surface area contributed by atoms with Gasteiger partial charge in [0.05, 0.1) is 26.9 Å². The Balaban J connectivity index is 1.51. The van der Waals surface area contributed by atoms with Gasteiger partial charge in [0, 0.05) is 6.07 Å². The molecule has 2 N–H and O–H groups in total. The van der Waals surface area contributed by atoms with Crippen molar-refractivity contribution in [1.29, 1.82) is 0 Å². The minimum atomic E-state index is -4.48. The summed E-state index contributed by atoms with van der Waals surface area (Å²) in [5, 5.41) is 2.88. The first kappa shape index (κ1) is 22.4. The molecule has 0 amide bonds. The van der Waals surface area contributed by atoms with E-state index in [9.17, 15) is 21.6 Å². The highest BCUT2D eigenvalue weighted by atomic mass is 35.5. The predicted molar refractivity (Wildman–Crippen MR) is 116 cm³/mol. The second kappa shape index (κ2) is 8.31. The van der Waals surface area contributed by atoms with Gasteiger partial charge in [-0.25, -0.2) is 13.1 Å². The Kier molecular flexibility index (Phi) is 5.83. The van der Waals surface area contributed by atoms with Crippen molar-refractivity contribution >= 4 is 33.0 Å². The summed E-state index contributed by atoms with van der Waals surface area (Å²) >= 11 is 5.80. The Hall–Kier alpha value is -2.75. The van der Waals surface area contributed by atoms with E-state index in [1.54, 1.807) is 6.07 Å². The molecule has 0 saturated carbocycles. The maximum atomic E-state index is 12.9. The molecule has 1 heterocycles. The van der Waals surface area contributed by atoms with Crippen molar-refractivity contribution in [2.45, 2.75) is 23.9 Å². The Morgan fingerprint density at radius 2 is 1.53 bits per heavy atom. The number of benzene rings is 3. The zero-order chi connectivity index (χ0) is 23.1. The van der Waals surface area contributed by atoms with E-state index >= 15 is 0 Å². The van der Waals surface area contributed by atoms with Crippen LogP contribution in [0, 0.1) is 0 Å². The number of alkyl halides is 3. The molecule has 10 heteroatoms. The largest absolute Gasteiger partial charge is 0.453 e. The molecule has 0 unspecified atom stereocenters. The lowest BCUT2D eigenvalue weighted by Crippen LogP contribution is -2.18. The Bertz CT molecular complexity index is 1290. The minimum Gasteiger partial charge on any atom is -0.453 e. The molecule has 0 radical (unpaired) electrons. The van der Waals surface area contributed by atoms with Crippen LogP contribution in [-0.2, 0) is 29.0 Å². The number of ether oxygens (including phenoxy) is 1. The van der Waals surface area contributed by atoms with Gasteiger partial charge in [0.25, 0.3) is 0 Å². The number of halogens is 4. The highest BCUT2D eigenvalue weighted by molar-refractivity contribution is 7.89. The zero-order valence-electron chi connectivity index (χ0n) is 16.8. The third-order valence-electron chi connectivity index (χ3n) is 5.11. The number of hydrogen-bond acceptors (Lipinski definition) is 4. The van der Waals surface area contributed by atoms with E-state index in [4.69, 9.17) is 16.3 Å². The van der Waals surface area contributed by atoms with Crippen LogP contribution in [0.25, 0.3) is 0 Å². The van der Waals surface area contributed by atoms with Crippen LogP contribution in [0.5, 0.6) is 11.5 Å². The lowest BCUT2D eigenvalue weighted by atomic mass is 10.0. The van der Waals surface area contributed by atoms with Gasteiger partial charge in [-0.1, -0.05) is 23.7 Å². The molecule has 4 rings (SSSR count). The van der Waals surface area contributed by atoms with E-state index in [-0.39, 0.29) is 9.92 Å². The summed E-state index contributed by atoms with van der Waals surface area (Å²) in [6.45, 7) is 0. The van der Waals surface area contributed by atoms with Crippen molar-refractivity contribution in [3.63, 3.8) is 0 Å². The van der Waals surface area contributed by atoms with Gasteiger partial charge in [0.1, 0.15) is 0 Å². The predicted octanol–water partition coefficient (Wildman–Crippen LogP) is 5.90. The quantitative estimate of drug-likeness (QED) is 0.371. The van der Waals surface area contributed by atoms with Crippen LogP contribution in [0.4, 0.5) is 24.5 Å². The molecule has 0 aromatic heterocycles. The van der Waals surface area contributed by atoms with E-state index in [0.29, 0.717) is 35.6 Å². The molecule has 3 aromatic rings. The Morgan fingerprint density at radius 1 is 0.938 bits per heavy atom. The van der Waals surface area contributed by atoms with Crippen LogP contribution in [0.2, 0.25) is 5.02 Å². The molecule has 0 aliphatic carbocycles. The van der Waals surface area contributed by atoms with Gasteiger partial charge < -0.3 is 10.1 Å². The Labute approximate surface area is 188 Å². The van der Waals surface area contributed by atoms with Crippen molar-refractivity contribution in [2.24, 2.45) is 0 Å². The lowest BCUT2D eigenvalue weighted by Gasteiger charge is -2.23. The molecule has 1 aliphatic rings. The Morgan fingerprint density at radius 3 is 2.16 bits per heavy atom. The van der Waals surface area contributed by atoms with E-state index in [1.807, 2.05) is 18.2 Å². The number of anilines is 2. The normalized spacial score (nSPS) is 13.0. The average molecular weight is 483 g/mol. The van der Waals surface area contributed by atoms with E-state index in [1.165, 1.54) is 31.3 Å². The number of nitrogens with one attached hydrogen (secondary N) is 2. The molecule has 168 valence electrons. The van der Waals surface area contributed by atoms with Gasteiger partial charge in [-0.2, -0.15) is 13.2 Å². The maximum absolute atomic E-state index is 12.9. The first-order chi connectivity index (χ1) is 15.1. The van der Waals surface area contributed by atoms with Gasteiger partial charge in [-0.05, 0) is 67.4 Å². The summed E-state index contributed by atoms with van der Waals surface area (Å²) in [5.41, 5.74) is 2.10. The molecule has 32 heavy (non-hydrogen) atoms. The summed E-state index contributed by atoms with van der Waals surface area (Å²) in [7, 11) is -2.28. The first-order valence-electron chi connectivity index (χ1n) is 9.58. The van der Waals surface area contributed by atoms with Crippen molar-refractivity contribution < 1.29 is 26.3 Å².